The average molecular weight is 316 g/mol. The van der Waals surface area contributed by atoms with Crippen molar-refractivity contribution >= 4 is 17.1 Å². The van der Waals surface area contributed by atoms with Crippen LogP contribution in [0.1, 0.15) is 56.1 Å². The summed E-state index contributed by atoms with van der Waals surface area (Å²) in [5, 5.41) is 10.0. The number of ether oxygens (including phenoxy) is 1. The Balaban J connectivity index is 1.74. The summed E-state index contributed by atoms with van der Waals surface area (Å²) in [5.74, 6) is 3.03. The maximum atomic E-state index is 10.0. The van der Waals surface area contributed by atoms with Crippen LogP contribution < -0.4 is 4.74 Å². The minimum atomic E-state index is 0.280. The number of benzene rings is 1. The van der Waals surface area contributed by atoms with Gasteiger partial charge in [0.05, 0.1) is 7.11 Å². The van der Waals surface area contributed by atoms with Crippen LogP contribution in [0.5, 0.6) is 11.5 Å². The highest BCUT2D eigenvalue weighted by Gasteiger charge is 2.52. The molecule has 0 heterocycles. The first-order chi connectivity index (χ1) is 10.5. The van der Waals surface area contributed by atoms with Gasteiger partial charge in [-0.25, -0.2) is 0 Å². The predicted octanol–water partition coefficient (Wildman–Crippen LogP) is 4.63. The third-order valence-electron chi connectivity index (χ3n) is 6.73. The number of methoxy groups -OCH3 is 1. The second-order valence-corrected chi connectivity index (χ2v) is 8.05. The van der Waals surface area contributed by atoms with Gasteiger partial charge in [-0.2, -0.15) is 0 Å². The Kier molecular flexibility index (Phi) is 3.26. The minimum absolute atomic E-state index is 0.280. The van der Waals surface area contributed by atoms with Crippen molar-refractivity contribution in [3.63, 3.8) is 0 Å². The van der Waals surface area contributed by atoms with Gasteiger partial charge >= 0.3 is 0 Å². The Morgan fingerprint density at radius 3 is 2.82 bits per heavy atom. The normalized spacial score (nSPS) is 36.5. The molecule has 0 aliphatic heterocycles. The molecule has 22 heavy (non-hydrogen) atoms. The first kappa shape index (κ1) is 14.5. The van der Waals surface area contributed by atoms with Crippen LogP contribution in [-0.4, -0.2) is 17.1 Å². The van der Waals surface area contributed by atoms with Crippen LogP contribution in [-0.2, 0) is 6.42 Å². The molecule has 3 heteroatoms. The molecule has 1 N–H and O–H groups in total. The molecule has 0 spiro atoms. The quantitative estimate of drug-likeness (QED) is 0.766. The lowest BCUT2D eigenvalue weighted by atomic mass is 9.56. The molecule has 3 aliphatic rings. The number of phenols is 1. The highest BCUT2D eigenvalue weighted by molar-refractivity contribution is 7.80. The number of hydrogen-bond donors (Lipinski definition) is 1. The summed E-state index contributed by atoms with van der Waals surface area (Å²) in [5.41, 5.74) is 3.05. The van der Waals surface area contributed by atoms with Crippen LogP contribution in [0.3, 0.4) is 0 Å². The third kappa shape index (κ3) is 1.87. The number of aryl methyl sites for hydroxylation is 1. The van der Waals surface area contributed by atoms with E-state index in [4.69, 9.17) is 17.0 Å². The number of aromatic hydroxyl groups is 1. The van der Waals surface area contributed by atoms with E-state index in [1.807, 2.05) is 6.07 Å². The summed E-state index contributed by atoms with van der Waals surface area (Å²) in [6.07, 6.45) is 7.19. The molecule has 118 valence electrons. The van der Waals surface area contributed by atoms with Gasteiger partial charge in [-0.3, -0.25) is 0 Å². The van der Waals surface area contributed by atoms with E-state index in [0.29, 0.717) is 17.1 Å². The van der Waals surface area contributed by atoms with Crippen molar-refractivity contribution in [1.29, 1.82) is 0 Å². The van der Waals surface area contributed by atoms with E-state index < -0.39 is 0 Å². The molecule has 1 aromatic rings. The van der Waals surface area contributed by atoms with Crippen molar-refractivity contribution in [1.82, 2.24) is 0 Å². The summed E-state index contributed by atoms with van der Waals surface area (Å²) < 4.78 is 5.34. The standard InChI is InChI=1S/C19H24O2S/c1-19-8-7-12-13(15(19)5-6-18(19)22)4-3-11-9-16(20)17(21-2)10-14(11)12/h9-10,12-13,15,20H,3-8H2,1-2H3/t12-,13+,15-,19-/m0/s1. The van der Waals surface area contributed by atoms with E-state index in [2.05, 4.69) is 13.0 Å². The van der Waals surface area contributed by atoms with Crippen molar-refractivity contribution < 1.29 is 9.84 Å². The van der Waals surface area contributed by atoms with Gasteiger partial charge < -0.3 is 9.84 Å². The monoisotopic (exact) mass is 316 g/mol. The number of rotatable bonds is 1. The molecule has 0 radical (unpaired) electrons. The van der Waals surface area contributed by atoms with Gasteiger partial charge in [0.25, 0.3) is 0 Å². The van der Waals surface area contributed by atoms with Gasteiger partial charge in [0.15, 0.2) is 11.5 Å². The fraction of sp³-hybridized carbons (Fsp3) is 0.632. The second-order valence-electron chi connectivity index (χ2n) is 7.56. The predicted molar refractivity (Wildman–Crippen MR) is 91.9 cm³/mol. The number of fused-ring (bicyclic) bond motifs is 5. The van der Waals surface area contributed by atoms with Crippen LogP contribution in [0.15, 0.2) is 12.1 Å². The molecule has 4 atom stereocenters. The molecule has 1 aromatic carbocycles. The third-order valence-corrected chi connectivity index (χ3v) is 7.40. The van der Waals surface area contributed by atoms with E-state index in [0.717, 1.165) is 24.7 Å². The summed E-state index contributed by atoms with van der Waals surface area (Å²) in [7, 11) is 1.63. The van der Waals surface area contributed by atoms with Gasteiger partial charge in [-0.15, -0.1) is 0 Å². The van der Waals surface area contributed by atoms with Gasteiger partial charge in [-0.05, 0) is 84.4 Å². The molecule has 2 nitrogen and oxygen atoms in total. The maximum Gasteiger partial charge on any atom is 0.160 e. The Morgan fingerprint density at radius 1 is 1.23 bits per heavy atom. The molecular formula is C19H24O2S. The van der Waals surface area contributed by atoms with Crippen molar-refractivity contribution in [3.8, 4) is 11.5 Å². The highest BCUT2D eigenvalue weighted by atomic mass is 32.1. The maximum absolute atomic E-state index is 10.0. The van der Waals surface area contributed by atoms with E-state index in [1.54, 1.807) is 7.11 Å². The van der Waals surface area contributed by atoms with Crippen LogP contribution in [0.4, 0.5) is 0 Å². The Bertz CT molecular complexity index is 639. The topological polar surface area (TPSA) is 29.5 Å². The first-order valence-electron chi connectivity index (χ1n) is 8.47. The molecule has 4 rings (SSSR count). The largest absolute Gasteiger partial charge is 0.504 e. The molecule has 0 saturated heterocycles. The minimum Gasteiger partial charge on any atom is -0.504 e. The zero-order valence-electron chi connectivity index (χ0n) is 13.4. The van der Waals surface area contributed by atoms with Crippen LogP contribution in [0.25, 0.3) is 0 Å². The van der Waals surface area contributed by atoms with E-state index in [1.165, 1.54) is 41.7 Å². The fourth-order valence-electron chi connectivity index (χ4n) is 5.52. The highest BCUT2D eigenvalue weighted by Crippen LogP contribution is 2.60. The molecule has 0 unspecified atom stereocenters. The number of hydrogen-bond acceptors (Lipinski definition) is 3. The molecule has 0 aromatic heterocycles. The molecule has 2 saturated carbocycles. The van der Waals surface area contributed by atoms with Crippen LogP contribution >= 0.6 is 12.2 Å². The zero-order chi connectivity index (χ0) is 15.5. The SMILES string of the molecule is COc1cc2c(cc1O)CC[C@@H]1[C@@H]2CC[C@]2(C)C(=S)CC[C@@H]12. The average Bonchev–Trinajstić information content (AvgIpc) is 2.82. The summed E-state index contributed by atoms with van der Waals surface area (Å²) in [4.78, 5) is 1.32. The Hall–Kier alpha value is -1.09. The van der Waals surface area contributed by atoms with Crippen molar-refractivity contribution in [2.75, 3.05) is 7.11 Å². The molecule has 2 fully saturated rings. The van der Waals surface area contributed by atoms with Crippen LogP contribution in [0, 0.1) is 17.3 Å². The van der Waals surface area contributed by atoms with Gasteiger partial charge in [0.2, 0.25) is 0 Å². The second kappa shape index (κ2) is 4.95. The molecule has 0 amide bonds. The number of thiocarbonyl (C=S) groups is 1. The fourth-order valence-corrected chi connectivity index (χ4v) is 5.89. The summed E-state index contributed by atoms with van der Waals surface area (Å²) >= 11 is 5.71. The Morgan fingerprint density at radius 2 is 2.05 bits per heavy atom. The van der Waals surface area contributed by atoms with Gasteiger partial charge in [0.1, 0.15) is 0 Å². The first-order valence-corrected chi connectivity index (χ1v) is 8.88. The van der Waals surface area contributed by atoms with Crippen molar-refractivity contribution in [2.45, 2.75) is 51.4 Å². The lowest BCUT2D eigenvalue weighted by Gasteiger charge is -2.49. The van der Waals surface area contributed by atoms with Crippen LogP contribution in [0.2, 0.25) is 0 Å². The van der Waals surface area contributed by atoms with E-state index in [9.17, 15) is 5.11 Å². The van der Waals surface area contributed by atoms with Crippen molar-refractivity contribution in [2.24, 2.45) is 17.3 Å². The van der Waals surface area contributed by atoms with E-state index in [-0.39, 0.29) is 5.75 Å². The molecule has 0 bridgehead atoms. The number of phenolic OH excluding ortho intramolecular Hbond substituents is 1. The van der Waals surface area contributed by atoms with E-state index >= 15 is 0 Å². The summed E-state index contributed by atoms with van der Waals surface area (Å²) in [6, 6.07) is 4.02. The van der Waals surface area contributed by atoms with Gasteiger partial charge in [0, 0.05) is 5.41 Å². The summed E-state index contributed by atoms with van der Waals surface area (Å²) in [6.45, 7) is 2.41. The molecule has 3 aliphatic carbocycles. The Labute approximate surface area is 137 Å². The van der Waals surface area contributed by atoms with Gasteiger partial charge in [-0.1, -0.05) is 19.1 Å². The van der Waals surface area contributed by atoms with Crippen molar-refractivity contribution in [3.05, 3.63) is 23.3 Å². The zero-order valence-corrected chi connectivity index (χ0v) is 14.2. The lowest BCUT2D eigenvalue weighted by molar-refractivity contribution is 0.0965. The lowest BCUT2D eigenvalue weighted by Crippen LogP contribution is -2.42. The molecular weight excluding hydrogens is 292 g/mol. The smallest absolute Gasteiger partial charge is 0.160 e.